The Hall–Kier alpha value is -2.35. The second-order valence-electron chi connectivity index (χ2n) is 4.35. The number of carboxylic acids is 1. The summed E-state index contributed by atoms with van der Waals surface area (Å²) >= 11 is 5.52. The summed E-state index contributed by atoms with van der Waals surface area (Å²) in [4.78, 5) is 35.3. The Bertz CT molecular complexity index is 610. The molecule has 1 saturated heterocycles. The maximum absolute atomic E-state index is 13.3. The van der Waals surface area contributed by atoms with E-state index in [9.17, 15) is 18.8 Å². The summed E-state index contributed by atoms with van der Waals surface area (Å²) in [6.45, 7) is -0.574. The van der Waals surface area contributed by atoms with Crippen LogP contribution in [0.4, 0.5) is 14.9 Å². The van der Waals surface area contributed by atoms with Gasteiger partial charge in [0.15, 0.2) is 0 Å². The van der Waals surface area contributed by atoms with Gasteiger partial charge in [0.25, 0.3) is 0 Å². The minimum absolute atomic E-state index is 0.103. The molecule has 1 heterocycles. The van der Waals surface area contributed by atoms with Crippen LogP contribution in [-0.2, 0) is 9.59 Å². The SMILES string of the molecule is O=C1CN(C(=O)Nc2ccc(Cl)c(F)c2)C(C(=O)O)CN1. The van der Waals surface area contributed by atoms with Gasteiger partial charge in [0.05, 0.1) is 5.02 Å². The average Bonchev–Trinajstić information content (AvgIpc) is 2.42. The molecule has 0 aliphatic carbocycles. The first-order valence-corrected chi connectivity index (χ1v) is 6.28. The molecule has 1 aliphatic heterocycles. The van der Waals surface area contributed by atoms with Crippen molar-refractivity contribution < 1.29 is 23.9 Å². The van der Waals surface area contributed by atoms with Gasteiger partial charge in [-0.2, -0.15) is 0 Å². The first-order chi connectivity index (χ1) is 9.88. The summed E-state index contributed by atoms with van der Waals surface area (Å²) in [6, 6.07) is 1.63. The van der Waals surface area contributed by atoms with E-state index in [2.05, 4.69) is 10.6 Å². The fraction of sp³-hybridized carbons (Fsp3) is 0.250. The van der Waals surface area contributed by atoms with Crippen molar-refractivity contribution in [2.45, 2.75) is 6.04 Å². The molecule has 21 heavy (non-hydrogen) atoms. The number of rotatable bonds is 2. The predicted octanol–water partition coefficient (Wildman–Crippen LogP) is 0.896. The fourth-order valence-electron chi connectivity index (χ4n) is 1.84. The van der Waals surface area contributed by atoms with E-state index in [1.165, 1.54) is 12.1 Å². The van der Waals surface area contributed by atoms with Crippen LogP contribution in [-0.4, -0.2) is 47.0 Å². The van der Waals surface area contributed by atoms with Crippen molar-refractivity contribution in [1.82, 2.24) is 10.2 Å². The summed E-state index contributed by atoms with van der Waals surface area (Å²) < 4.78 is 13.3. The van der Waals surface area contributed by atoms with Crippen LogP contribution in [0.25, 0.3) is 0 Å². The molecule has 0 aromatic heterocycles. The topological polar surface area (TPSA) is 98.7 Å². The first kappa shape index (κ1) is 15.0. The van der Waals surface area contributed by atoms with Crippen molar-refractivity contribution in [1.29, 1.82) is 0 Å². The molecule has 0 spiro atoms. The number of halogens is 2. The molecule has 0 bridgehead atoms. The van der Waals surface area contributed by atoms with Gasteiger partial charge >= 0.3 is 12.0 Å². The molecule has 2 rings (SSSR count). The largest absolute Gasteiger partial charge is 0.480 e. The minimum Gasteiger partial charge on any atom is -0.480 e. The molecule has 7 nitrogen and oxygen atoms in total. The van der Waals surface area contributed by atoms with E-state index in [1.807, 2.05) is 0 Å². The number of hydrogen-bond acceptors (Lipinski definition) is 3. The standard InChI is InChI=1S/C12H11ClFN3O4/c13-7-2-1-6(3-8(7)14)16-12(21)17-5-10(18)15-4-9(17)11(19)20/h1-3,9H,4-5H2,(H,15,18)(H,16,21)(H,19,20). The van der Waals surface area contributed by atoms with Gasteiger partial charge in [-0.25, -0.2) is 14.0 Å². The van der Waals surface area contributed by atoms with Gasteiger partial charge in [-0.3, -0.25) is 9.69 Å². The van der Waals surface area contributed by atoms with E-state index in [4.69, 9.17) is 16.7 Å². The lowest BCUT2D eigenvalue weighted by molar-refractivity contribution is -0.144. The Balaban J connectivity index is 2.14. The van der Waals surface area contributed by atoms with Gasteiger partial charge in [0.2, 0.25) is 5.91 Å². The Morgan fingerprint density at radius 2 is 2.19 bits per heavy atom. The quantitative estimate of drug-likeness (QED) is 0.755. The molecule has 3 N–H and O–H groups in total. The number of hydrogen-bond donors (Lipinski definition) is 3. The third-order valence-corrected chi connectivity index (χ3v) is 3.21. The molecule has 0 saturated carbocycles. The number of nitrogens with zero attached hydrogens (tertiary/aromatic N) is 1. The lowest BCUT2D eigenvalue weighted by atomic mass is 10.2. The molecule has 1 unspecified atom stereocenters. The smallest absolute Gasteiger partial charge is 0.328 e. The molecule has 9 heteroatoms. The summed E-state index contributed by atoms with van der Waals surface area (Å²) in [5.41, 5.74) is 0.108. The number of aliphatic carboxylic acids is 1. The maximum Gasteiger partial charge on any atom is 0.328 e. The summed E-state index contributed by atoms with van der Waals surface area (Å²) in [7, 11) is 0. The first-order valence-electron chi connectivity index (χ1n) is 5.90. The molecule has 1 aliphatic rings. The normalized spacial score (nSPS) is 18.1. The van der Waals surface area contributed by atoms with E-state index in [1.54, 1.807) is 0 Å². The summed E-state index contributed by atoms with van der Waals surface area (Å²) in [5, 5.41) is 13.6. The van der Waals surface area contributed by atoms with Crippen LogP contribution in [0.15, 0.2) is 18.2 Å². The van der Waals surface area contributed by atoms with Crippen LogP contribution < -0.4 is 10.6 Å². The number of carboxylic acid groups (broad SMARTS) is 1. The molecule has 1 aromatic rings. The number of piperazine rings is 1. The molecule has 1 atom stereocenters. The number of carbonyl (C=O) groups excluding carboxylic acids is 2. The van der Waals surface area contributed by atoms with E-state index in [-0.39, 0.29) is 17.3 Å². The van der Waals surface area contributed by atoms with Gasteiger partial charge in [0.1, 0.15) is 18.4 Å². The van der Waals surface area contributed by atoms with Gasteiger partial charge < -0.3 is 15.7 Å². The lowest BCUT2D eigenvalue weighted by Gasteiger charge is -2.32. The molecule has 1 fully saturated rings. The number of amides is 3. The van der Waals surface area contributed by atoms with E-state index in [0.717, 1.165) is 11.0 Å². The van der Waals surface area contributed by atoms with Gasteiger partial charge in [-0.1, -0.05) is 11.6 Å². The number of nitrogens with one attached hydrogen (secondary N) is 2. The highest BCUT2D eigenvalue weighted by Crippen LogP contribution is 2.19. The lowest BCUT2D eigenvalue weighted by Crippen LogP contribution is -2.60. The zero-order valence-electron chi connectivity index (χ0n) is 10.6. The van der Waals surface area contributed by atoms with Crippen LogP contribution in [0.1, 0.15) is 0 Å². The molecule has 0 radical (unpaired) electrons. The number of urea groups is 1. The fourth-order valence-corrected chi connectivity index (χ4v) is 1.96. The molecule has 1 aromatic carbocycles. The third-order valence-electron chi connectivity index (χ3n) is 2.90. The highest BCUT2D eigenvalue weighted by Gasteiger charge is 2.35. The van der Waals surface area contributed by atoms with Gasteiger partial charge in [-0.05, 0) is 18.2 Å². The van der Waals surface area contributed by atoms with Crippen molar-refractivity contribution in [3.05, 3.63) is 29.0 Å². The molecule has 3 amide bonds. The summed E-state index contributed by atoms with van der Waals surface area (Å²) in [6.07, 6.45) is 0. The van der Waals surface area contributed by atoms with Crippen LogP contribution in [0.5, 0.6) is 0 Å². The van der Waals surface area contributed by atoms with Crippen molar-refractivity contribution in [3.63, 3.8) is 0 Å². The Labute approximate surface area is 123 Å². The molecular formula is C12H11ClFN3O4. The maximum atomic E-state index is 13.3. The van der Waals surface area contributed by atoms with Crippen molar-refractivity contribution in [3.8, 4) is 0 Å². The van der Waals surface area contributed by atoms with Crippen molar-refractivity contribution >= 4 is 35.2 Å². The second kappa shape index (κ2) is 5.96. The highest BCUT2D eigenvalue weighted by atomic mass is 35.5. The average molecular weight is 316 g/mol. The number of anilines is 1. The van der Waals surface area contributed by atoms with Crippen LogP contribution in [0.3, 0.4) is 0 Å². The van der Waals surface area contributed by atoms with Crippen LogP contribution in [0, 0.1) is 5.82 Å². The van der Waals surface area contributed by atoms with E-state index in [0.29, 0.717) is 0 Å². The van der Waals surface area contributed by atoms with E-state index >= 15 is 0 Å². The van der Waals surface area contributed by atoms with Crippen LogP contribution in [0.2, 0.25) is 5.02 Å². The highest BCUT2D eigenvalue weighted by molar-refractivity contribution is 6.30. The Kier molecular flexibility index (Phi) is 4.27. The van der Waals surface area contributed by atoms with Crippen molar-refractivity contribution in [2.75, 3.05) is 18.4 Å². The zero-order chi connectivity index (χ0) is 15.6. The Morgan fingerprint density at radius 1 is 1.48 bits per heavy atom. The summed E-state index contributed by atoms with van der Waals surface area (Å²) in [5.74, 6) is -2.43. The van der Waals surface area contributed by atoms with Gasteiger partial charge in [-0.15, -0.1) is 0 Å². The van der Waals surface area contributed by atoms with Crippen molar-refractivity contribution in [2.24, 2.45) is 0 Å². The monoisotopic (exact) mass is 315 g/mol. The zero-order valence-corrected chi connectivity index (χ0v) is 11.4. The minimum atomic E-state index is -1.24. The predicted molar refractivity (Wildman–Crippen MR) is 71.6 cm³/mol. The number of benzene rings is 1. The van der Waals surface area contributed by atoms with Gasteiger partial charge in [0, 0.05) is 12.2 Å². The van der Waals surface area contributed by atoms with Crippen LogP contribution >= 0.6 is 11.6 Å². The van der Waals surface area contributed by atoms with E-state index < -0.39 is 36.3 Å². The Morgan fingerprint density at radius 3 is 2.81 bits per heavy atom. The molecular weight excluding hydrogens is 305 g/mol. The number of carbonyl (C=O) groups is 3. The second-order valence-corrected chi connectivity index (χ2v) is 4.75. The molecule has 112 valence electrons. The third kappa shape index (κ3) is 3.40.